The monoisotopic (exact) mass is 360 g/mol. The van der Waals surface area contributed by atoms with Gasteiger partial charge in [0.15, 0.2) is 0 Å². The molecule has 0 nitrogen and oxygen atoms in total. The zero-order valence-corrected chi connectivity index (χ0v) is 17.6. The van der Waals surface area contributed by atoms with Crippen molar-refractivity contribution in [2.24, 2.45) is 11.3 Å². The normalized spacial score (nSPS) is 25.9. The minimum atomic E-state index is -0.657. The summed E-state index contributed by atoms with van der Waals surface area (Å²) in [5, 5.41) is 0. The molecule has 1 unspecified atom stereocenters. The van der Waals surface area contributed by atoms with Crippen LogP contribution in [0, 0.1) is 11.3 Å². The average Bonchev–Trinajstić information content (AvgIpc) is 2.70. The van der Waals surface area contributed by atoms with Gasteiger partial charge in [-0.15, -0.1) is 0 Å². The fraction of sp³-hybridized carbons (Fsp3) is 0.550. The van der Waals surface area contributed by atoms with Crippen molar-refractivity contribution in [1.29, 1.82) is 0 Å². The maximum atomic E-state index is 2.66. The van der Waals surface area contributed by atoms with E-state index in [0.29, 0.717) is 11.3 Å². The zero-order valence-electron chi connectivity index (χ0n) is 16.2. The molecule has 0 aromatic carbocycles. The average molecular weight is 362 g/mol. The van der Waals surface area contributed by atoms with Gasteiger partial charge in [0.25, 0.3) is 0 Å². The van der Waals surface area contributed by atoms with Crippen molar-refractivity contribution in [2.45, 2.75) is 62.3 Å². The van der Waals surface area contributed by atoms with E-state index in [-0.39, 0.29) is 1.43 Å². The van der Waals surface area contributed by atoms with E-state index in [0.717, 1.165) is 0 Å². The Morgan fingerprint density at radius 2 is 1.48 bits per heavy atom. The molecule has 2 aliphatic carbocycles. The van der Waals surface area contributed by atoms with Crippen LogP contribution in [0.4, 0.5) is 0 Å². The van der Waals surface area contributed by atoms with E-state index in [2.05, 4.69) is 66.0 Å². The standard InChI is InChI=1S/C10H15.C10H14.Zr.H/c1-7-6-10(4,5)9(3)8(7)2;1-6-7(2)9(4)10(5)8(6)3;;/h1-5H3;1,7H,2-5H3;;/q;;;-1. The minimum Gasteiger partial charge on any atom is -1.00 e. The van der Waals surface area contributed by atoms with Gasteiger partial charge in [0, 0.05) is 0 Å². The van der Waals surface area contributed by atoms with E-state index in [1.807, 2.05) is 0 Å². The second-order valence-corrected chi connectivity index (χ2v) is 9.92. The van der Waals surface area contributed by atoms with Crippen LogP contribution in [-0.2, 0) is 22.8 Å². The Balaban J connectivity index is 0.00000242. The van der Waals surface area contributed by atoms with Crippen molar-refractivity contribution < 1.29 is 24.2 Å². The van der Waals surface area contributed by atoms with Gasteiger partial charge in [-0.3, -0.25) is 0 Å². The predicted molar refractivity (Wildman–Crippen MR) is 92.3 cm³/mol. The summed E-state index contributed by atoms with van der Waals surface area (Å²) in [7, 11) is 0. The van der Waals surface area contributed by atoms with Gasteiger partial charge in [0.1, 0.15) is 0 Å². The van der Waals surface area contributed by atoms with Crippen LogP contribution in [0.2, 0.25) is 0 Å². The van der Waals surface area contributed by atoms with Crippen molar-refractivity contribution in [3.8, 4) is 0 Å². The topological polar surface area (TPSA) is 0 Å². The second kappa shape index (κ2) is 5.73. The first-order chi connectivity index (χ1) is 9.60. The van der Waals surface area contributed by atoms with Crippen LogP contribution in [-0.4, -0.2) is 3.71 Å². The van der Waals surface area contributed by atoms with Gasteiger partial charge in [-0.2, -0.15) is 0 Å². The largest absolute Gasteiger partial charge is 1.00 e. The molecule has 0 saturated heterocycles. The van der Waals surface area contributed by atoms with E-state index in [1.54, 1.807) is 31.1 Å². The van der Waals surface area contributed by atoms with E-state index in [1.165, 1.54) is 11.1 Å². The molecule has 0 aromatic heterocycles. The van der Waals surface area contributed by atoms with Crippen LogP contribution >= 0.6 is 0 Å². The molecule has 0 aliphatic heterocycles. The van der Waals surface area contributed by atoms with Gasteiger partial charge in [-0.25, -0.2) is 0 Å². The van der Waals surface area contributed by atoms with Crippen LogP contribution in [0.25, 0.3) is 0 Å². The molecule has 0 radical (unpaired) electrons. The molecule has 0 heterocycles. The van der Waals surface area contributed by atoms with Crippen LogP contribution in [0.5, 0.6) is 0 Å². The molecule has 0 aromatic rings. The molecule has 0 fully saturated rings. The van der Waals surface area contributed by atoms with Gasteiger partial charge in [-0.1, -0.05) is 0 Å². The molecular formula is C20H30Zr-. The summed E-state index contributed by atoms with van der Waals surface area (Å²) in [5.41, 5.74) is 11.3. The van der Waals surface area contributed by atoms with Gasteiger partial charge in [-0.05, 0) is 0 Å². The fourth-order valence-electron chi connectivity index (χ4n) is 3.66. The number of allylic oxidation sites excluding steroid dienone is 8. The minimum absolute atomic E-state index is 0. The molecule has 2 rings (SSSR count). The first kappa shape index (κ1) is 17.1. The van der Waals surface area contributed by atoms with E-state index >= 15 is 0 Å². The molecule has 1 heteroatoms. The summed E-state index contributed by atoms with van der Waals surface area (Å²) in [5.74, 6) is 0.631. The first-order valence-electron chi connectivity index (χ1n) is 7.98. The van der Waals surface area contributed by atoms with E-state index < -0.39 is 22.8 Å². The molecule has 115 valence electrons. The van der Waals surface area contributed by atoms with E-state index in [4.69, 9.17) is 0 Å². The molecule has 0 amide bonds. The summed E-state index contributed by atoms with van der Waals surface area (Å²) >= 11 is -0.657. The second-order valence-electron chi connectivity index (χ2n) is 7.27. The summed E-state index contributed by atoms with van der Waals surface area (Å²) in [4.78, 5) is 0. The zero-order chi connectivity index (χ0) is 16.1. The smallest absolute Gasteiger partial charge is 1.00 e. The molecule has 0 bridgehead atoms. The quantitative estimate of drug-likeness (QED) is 0.571. The van der Waals surface area contributed by atoms with Crippen molar-refractivity contribution in [3.05, 3.63) is 42.3 Å². The molecule has 0 saturated carbocycles. The Hall–Kier alpha value is -0.287. The Morgan fingerprint density at radius 3 is 1.86 bits per heavy atom. The predicted octanol–water partition coefficient (Wildman–Crippen LogP) is 5.94. The van der Waals surface area contributed by atoms with E-state index in [9.17, 15) is 0 Å². The molecule has 0 spiro atoms. The third-order valence-corrected chi connectivity index (χ3v) is 10.4. The Labute approximate surface area is 143 Å². The van der Waals surface area contributed by atoms with Crippen LogP contribution in [0.3, 0.4) is 0 Å². The van der Waals surface area contributed by atoms with Gasteiger partial charge in [0.2, 0.25) is 0 Å². The molecule has 1 atom stereocenters. The maximum absolute atomic E-state index is 2.66. The number of hydrogen-bond donors (Lipinski definition) is 0. The molecule has 21 heavy (non-hydrogen) atoms. The van der Waals surface area contributed by atoms with Gasteiger partial charge in [0.05, 0.1) is 0 Å². The maximum Gasteiger partial charge on any atom is -1.00 e. The van der Waals surface area contributed by atoms with Crippen LogP contribution in [0.15, 0.2) is 42.3 Å². The summed E-state index contributed by atoms with van der Waals surface area (Å²) in [6.07, 6.45) is 0. The van der Waals surface area contributed by atoms with Gasteiger partial charge < -0.3 is 1.43 Å². The number of rotatable bonds is 2. The van der Waals surface area contributed by atoms with Crippen molar-refractivity contribution in [1.82, 2.24) is 0 Å². The molecular weight excluding hydrogens is 331 g/mol. The fourth-order valence-corrected chi connectivity index (χ4v) is 7.89. The van der Waals surface area contributed by atoms with Crippen LogP contribution in [0.1, 0.15) is 63.7 Å². The summed E-state index contributed by atoms with van der Waals surface area (Å²) in [6, 6.07) is 0. The SMILES string of the molecule is CC1=C(C)C(C)C([CH]=[Zr][C]2=C(C)C(C)=C(C)C2(C)C)=C1C.[H-]. The van der Waals surface area contributed by atoms with Crippen LogP contribution < -0.4 is 0 Å². The van der Waals surface area contributed by atoms with Crippen molar-refractivity contribution >= 4 is 3.71 Å². The van der Waals surface area contributed by atoms with Gasteiger partial charge >= 0.3 is 142 Å². The molecule has 0 N–H and O–H groups in total. The first-order valence-corrected chi connectivity index (χ1v) is 10.6. The molecule has 2 aliphatic rings. The Morgan fingerprint density at radius 1 is 0.905 bits per heavy atom. The Kier molecular flexibility index (Phi) is 4.66. The summed E-state index contributed by atoms with van der Waals surface area (Å²) in [6.45, 7) is 21.1. The number of hydrogen-bond acceptors (Lipinski definition) is 0. The Bertz CT molecular complexity index is 651. The third-order valence-electron chi connectivity index (χ3n) is 6.14. The third kappa shape index (κ3) is 2.61. The summed E-state index contributed by atoms with van der Waals surface area (Å²) < 4.78 is 4.44. The van der Waals surface area contributed by atoms with Crippen molar-refractivity contribution in [2.75, 3.05) is 0 Å². The van der Waals surface area contributed by atoms with Crippen molar-refractivity contribution in [3.63, 3.8) is 0 Å².